The van der Waals surface area contributed by atoms with E-state index >= 15 is 0 Å². The van der Waals surface area contributed by atoms with Crippen molar-refractivity contribution in [2.75, 3.05) is 13.1 Å². The van der Waals surface area contributed by atoms with Crippen LogP contribution in [0.5, 0.6) is 0 Å². The lowest BCUT2D eigenvalue weighted by Crippen LogP contribution is -2.23. The smallest absolute Gasteiger partial charge is 0.0547 e. The lowest BCUT2D eigenvalue weighted by atomic mass is 10.1. The van der Waals surface area contributed by atoms with Crippen molar-refractivity contribution < 1.29 is 0 Å². The Kier molecular flexibility index (Phi) is 5.90. The Hall–Kier alpha value is -1.71. The van der Waals surface area contributed by atoms with Crippen LogP contribution in [0.2, 0.25) is 0 Å². The summed E-state index contributed by atoms with van der Waals surface area (Å²) in [6.45, 7) is 7.80. The monoisotopic (exact) mass is 283 g/mol. The molecule has 0 amide bonds. The molecular weight excluding hydrogens is 258 g/mol. The number of rotatable bonds is 7. The van der Waals surface area contributed by atoms with Crippen LogP contribution in [0.4, 0.5) is 0 Å². The van der Waals surface area contributed by atoms with Crippen LogP contribution < -0.4 is 5.73 Å². The molecule has 0 aliphatic rings. The molecular formula is C18H25N3. The Morgan fingerprint density at radius 1 is 1.00 bits per heavy atom. The lowest BCUT2D eigenvalue weighted by molar-refractivity contribution is 0.268. The van der Waals surface area contributed by atoms with Crippen LogP contribution in [0.25, 0.3) is 0 Å². The minimum atomic E-state index is 0.708. The van der Waals surface area contributed by atoms with E-state index < -0.39 is 0 Å². The van der Waals surface area contributed by atoms with Crippen molar-refractivity contribution in [3.63, 3.8) is 0 Å². The van der Waals surface area contributed by atoms with E-state index in [1.165, 1.54) is 11.1 Å². The molecule has 2 aromatic rings. The average Bonchev–Trinajstić information content (AvgIpc) is 2.49. The Bertz CT molecular complexity index is 549. The molecule has 0 aliphatic carbocycles. The van der Waals surface area contributed by atoms with E-state index in [4.69, 9.17) is 5.73 Å². The Labute approximate surface area is 127 Å². The molecule has 3 nitrogen and oxygen atoms in total. The molecule has 0 saturated carbocycles. The van der Waals surface area contributed by atoms with Gasteiger partial charge in [-0.25, -0.2) is 0 Å². The van der Waals surface area contributed by atoms with Crippen molar-refractivity contribution in [3.8, 4) is 0 Å². The van der Waals surface area contributed by atoms with Gasteiger partial charge in [-0.1, -0.05) is 37.3 Å². The summed E-state index contributed by atoms with van der Waals surface area (Å²) in [4.78, 5) is 6.99. The molecule has 0 unspecified atom stereocenters. The van der Waals surface area contributed by atoms with Gasteiger partial charge in [-0.2, -0.15) is 0 Å². The molecule has 21 heavy (non-hydrogen) atoms. The summed E-state index contributed by atoms with van der Waals surface area (Å²) in [6.07, 6.45) is 0.949. The number of aromatic nitrogens is 1. The fourth-order valence-electron chi connectivity index (χ4n) is 2.43. The highest BCUT2D eigenvalue weighted by Crippen LogP contribution is 2.11. The molecule has 1 heterocycles. The fourth-order valence-corrected chi connectivity index (χ4v) is 2.43. The van der Waals surface area contributed by atoms with Gasteiger partial charge in [0.1, 0.15) is 0 Å². The summed E-state index contributed by atoms with van der Waals surface area (Å²) in [7, 11) is 0. The number of hydrogen-bond donors (Lipinski definition) is 1. The molecule has 0 saturated heterocycles. The fraction of sp³-hybridized carbons (Fsp3) is 0.389. The first kappa shape index (κ1) is 15.7. The van der Waals surface area contributed by atoms with E-state index in [1.54, 1.807) is 0 Å². The molecule has 0 fully saturated rings. The zero-order valence-electron chi connectivity index (χ0n) is 13.0. The highest BCUT2D eigenvalue weighted by Gasteiger charge is 2.06. The highest BCUT2D eigenvalue weighted by atomic mass is 15.1. The first-order chi connectivity index (χ1) is 10.2. The summed E-state index contributed by atoms with van der Waals surface area (Å²) in [5.41, 5.74) is 10.4. The minimum absolute atomic E-state index is 0.708. The van der Waals surface area contributed by atoms with Gasteiger partial charge in [-0.3, -0.25) is 9.88 Å². The first-order valence-corrected chi connectivity index (χ1v) is 7.64. The Morgan fingerprint density at radius 2 is 1.71 bits per heavy atom. The number of nitrogens with zero attached hydrogens (tertiary/aromatic N) is 2. The molecule has 112 valence electrons. The van der Waals surface area contributed by atoms with Crippen LogP contribution in [0.15, 0.2) is 42.5 Å². The molecule has 2 N–H and O–H groups in total. The van der Waals surface area contributed by atoms with E-state index in [1.807, 2.05) is 13.0 Å². The van der Waals surface area contributed by atoms with Crippen molar-refractivity contribution in [3.05, 3.63) is 65.0 Å². The van der Waals surface area contributed by atoms with Gasteiger partial charge in [-0.15, -0.1) is 0 Å². The molecule has 0 spiro atoms. The third-order valence-electron chi connectivity index (χ3n) is 3.64. The zero-order valence-corrected chi connectivity index (χ0v) is 13.0. The lowest BCUT2D eigenvalue weighted by Gasteiger charge is -2.20. The van der Waals surface area contributed by atoms with Crippen LogP contribution in [0, 0.1) is 6.92 Å². The second-order valence-corrected chi connectivity index (χ2v) is 5.43. The van der Waals surface area contributed by atoms with Crippen molar-refractivity contribution >= 4 is 0 Å². The van der Waals surface area contributed by atoms with E-state index in [-0.39, 0.29) is 0 Å². The van der Waals surface area contributed by atoms with Crippen molar-refractivity contribution in [2.45, 2.75) is 33.4 Å². The van der Waals surface area contributed by atoms with Crippen LogP contribution >= 0.6 is 0 Å². The number of aryl methyl sites for hydroxylation is 1. The zero-order chi connectivity index (χ0) is 15.1. The predicted molar refractivity (Wildman–Crippen MR) is 88.0 cm³/mol. The standard InChI is InChI=1S/C18H25N3/c1-3-21(14-18-6-4-5-15(2)20-18)13-17-9-7-16(8-10-17)11-12-19/h4-10H,3,11-14,19H2,1-2H3. The van der Waals surface area contributed by atoms with Gasteiger partial charge in [0.15, 0.2) is 0 Å². The maximum absolute atomic E-state index is 5.58. The minimum Gasteiger partial charge on any atom is -0.330 e. The molecule has 0 bridgehead atoms. The van der Waals surface area contributed by atoms with Crippen LogP contribution in [0.3, 0.4) is 0 Å². The molecule has 0 aliphatic heterocycles. The third kappa shape index (κ3) is 4.96. The van der Waals surface area contributed by atoms with E-state index in [2.05, 4.69) is 53.2 Å². The highest BCUT2D eigenvalue weighted by molar-refractivity contribution is 5.23. The largest absolute Gasteiger partial charge is 0.330 e. The third-order valence-corrected chi connectivity index (χ3v) is 3.64. The summed E-state index contributed by atoms with van der Waals surface area (Å²) >= 11 is 0. The summed E-state index contributed by atoms with van der Waals surface area (Å²) < 4.78 is 0. The topological polar surface area (TPSA) is 42.1 Å². The molecule has 3 heteroatoms. The maximum atomic E-state index is 5.58. The summed E-state index contributed by atoms with van der Waals surface area (Å²) in [6, 6.07) is 15.0. The van der Waals surface area contributed by atoms with E-state index in [0.717, 1.165) is 37.4 Å². The quantitative estimate of drug-likeness (QED) is 0.849. The predicted octanol–water partition coefficient (Wildman–Crippen LogP) is 2.91. The molecule has 1 aromatic heterocycles. The van der Waals surface area contributed by atoms with Gasteiger partial charge >= 0.3 is 0 Å². The van der Waals surface area contributed by atoms with E-state index in [9.17, 15) is 0 Å². The number of hydrogen-bond acceptors (Lipinski definition) is 3. The molecule has 0 radical (unpaired) electrons. The van der Waals surface area contributed by atoms with Crippen LogP contribution in [-0.2, 0) is 19.5 Å². The maximum Gasteiger partial charge on any atom is 0.0547 e. The number of nitrogens with two attached hydrogens (primary N) is 1. The van der Waals surface area contributed by atoms with Gasteiger partial charge in [0.2, 0.25) is 0 Å². The van der Waals surface area contributed by atoms with Gasteiger partial charge in [0.25, 0.3) is 0 Å². The SMILES string of the molecule is CCN(Cc1ccc(CCN)cc1)Cc1cccc(C)n1. The van der Waals surface area contributed by atoms with Gasteiger partial charge in [-0.05, 0) is 49.7 Å². The van der Waals surface area contributed by atoms with Crippen molar-refractivity contribution in [2.24, 2.45) is 5.73 Å². The van der Waals surface area contributed by atoms with E-state index in [0.29, 0.717) is 6.54 Å². The summed E-state index contributed by atoms with van der Waals surface area (Å²) in [5, 5.41) is 0. The number of benzene rings is 1. The number of pyridine rings is 1. The Morgan fingerprint density at radius 3 is 2.33 bits per heavy atom. The second kappa shape index (κ2) is 7.91. The van der Waals surface area contributed by atoms with Gasteiger partial charge in [0.05, 0.1) is 5.69 Å². The second-order valence-electron chi connectivity index (χ2n) is 5.43. The van der Waals surface area contributed by atoms with Gasteiger partial charge < -0.3 is 5.73 Å². The van der Waals surface area contributed by atoms with Crippen LogP contribution in [0.1, 0.15) is 29.4 Å². The molecule has 1 aromatic carbocycles. The normalized spacial score (nSPS) is 11.0. The van der Waals surface area contributed by atoms with Crippen molar-refractivity contribution in [1.29, 1.82) is 0 Å². The average molecular weight is 283 g/mol. The molecule has 0 atom stereocenters. The van der Waals surface area contributed by atoms with Gasteiger partial charge in [0, 0.05) is 18.8 Å². The summed E-state index contributed by atoms with van der Waals surface area (Å²) in [5.74, 6) is 0. The van der Waals surface area contributed by atoms with Crippen molar-refractivity contribution in [1.82, 2.24) is 9.88 Å². The Balaban J connectivity index is 1.98. The van der Waals surface area contributed by atoms with Crippen LogP contribution in [-0.4, -0.2) is 23.0 Å². The molecule has 2 rings (SSSR count). The first-order valence-electron chi connectivity index (χ1n) is 7.64.